The first-order valence-corrected chi connectivity index (χ1v) is 9.88. The monoisotopic (exact) mass is 395 g/mol. The average molecular weight is 395 g/mol. The van der Waals surface area contributed by atoms with E-state index in [1.165, 1.54) is 24.3 Å². The van der Waals surface area contributed by atoms with Gasteiger partial charge in [-0.3, -0.25) is 9.69 Å². The van der Waals surface area contributed by atoms with E-state index >= 15 is 0 Å². The lowest BCUT2D eigenvalue weighted by atomic mass is 10.1. The second-order valence-corrected chi connectivity index (χ2v) is 7.76. The van der Waals surface area contributed by atoms with Gasteiger partial charge in [0, 0.05) is 43.6 Å². The largest absolute Gasteiger partial charge is 0.494 e. The number of aryl methyl sites for hydroxylation is 2. The number of piperazine rings is 1. The first-order chi connectivity index (χ1) is 13.9. The summed E-state index contributed by atoms with van der Waals surface area (Å²) >= 11 is 0. The Morgan fingerprint density at radius 2 is 1.86 bits per heavy atom. The summed E-state index contributed by atoms with van der Waals surface area (Å²) in [6.07, 6.45) is 0. The fourth-order valence-corrected chi connectivity index (χ4v) is 4.06. The van der Waals surface area contributed by atoms with Gasteiger partial charge in [-0.15, -0.1) is 0 Å². The normalized spacial score (nSPS) is 15.1. The van der Waals surface area contributed by atoms with Crippen LogP contribution in [0.25, 0.3) is 10.9 Å². The van der Waals surface area contributed by atoms with Crippen LogP contribution < -0.4 is 4.74 Å². The number of nitrogens with zero attached hydrogens (tertiary/aromatic N) is 2. The van der Waals surface area contributed by atoms with Crippen molar-refractivity contribution in [1.82, 2.24) is 14.8 Å². The maximum Gasteiger partial charge on any atom is 0.270 e. The van der Waals surface area contributed by atoms with Crippen LogP contribution in [0.15, 0.2) is 36.4 Å². The molecule has 1 N–H and O–H groups in total. The summed E-state index contributed by atoms with van der Waals surface area (Å²) < 4.78 is 18.9. The summed E-state index contributed by atoms with van der Waals surface area (Å²) in [6, 6.07) is 11.2. The molecule has 1 aliphatic rings. The van der Waals surface area contributed by atoms with E-state index in [4.69, 9.17) is 4.74 Å². The predicted octanol–water partition coefficient (Wildman–Crippen LogP) is 3.89. The summed E-state index contributed by atoms with van der Waals surface area (Å²) in [6.45, 7) is 7.62. The lowest BCUT2D eigenvalue weighted by molar-refractivity contribution is 0.0623. The molecular formula is C23H26FN3O2. The highest BCUT2D eigenvalue weighted by Crippen LogP contribution is 2.23. The van der Waals surface area contributed by atoms with Crippen molar-refractivity contribution in [1.29, 1.82) is 0 Å². The van der Waals surface area contributed by atoms with Gasteiger partial charge < -0.3 is 14.6 Å². The SMILES string of the molecule is COc1ccc(CN2CCN(C(=O)c3cc4c(C)cc(C)cc4[nH]3)CC2)cc1F. The maximum absolute atomic E-state index is 13.9. The van der Waals surface area contributed by atoms with Crippen LogP contribution in [0.1, 0.15) is 27.2 Å². The zero-order valence-corrected chi connectivity index (χ0v) is 17.1. The summed E-state index contributed by atoms with van der Waals surface area (Å²) in [4.78, 5) is 20.4. The van der Waals surface area contributed by atoms with Gasteiger partial charge in [-0.25, -0.2) is 4.39 Å². The van der Waals surface area contributed by atoms with Gasteiger partial charge in [-0.2, -0.15) is 0 Å². The number of rotatable bonds is 4. The number of hydrogen-bond donors (Lipinski definition) is 1. The van der Waals surface area contributed by atoms with E-state index in [1.807, 2.05) is 17.0 Å². The highest BCUT2D eigenvalue weighted by molar-refractivity contribution is 5.99. The number of carbonyl (C=O) groups excluding carboxylic acids is 1. The molecule has 0 atom stereocenters. The number of carbonyl (C=O) groups is 1. The number of amides is 1. The molecule has 1 aliphatic heterocycles. The number of ether oxygens (including phenoxy) is 1. The molecule has 3 aromatic rings. The standard InChI is InChI=1S/C23H26FN3O2/c1-15-10-16(2)18-13-21(25-20(18)11-15)23(28)27-8-6-26(7-9-27)14-17-4-5-22(29-3)19(24)12-17/h4-5,10-13,25H,6-9,14H2,1-3H3. The fourth-order valence-electron chi connectivity index (χ4n) is 4.06. The topological polar surface area (TPSA) is 48.6 Å². The fraction of sp³-hybridized carbons (Fsp3) is 0.348. The zero-order chi connectivity index (χ0) is 20.5. The first kappa shape index (κ1) is 19.5. The van der Waals surface area contributed by atoms with Gasteiger partial charge in [-0.1, -0.05) is 12.1 Å². The molecule has 0 bridgehead atoms. The van der Waals surface area contributed by atoms with Crippen LogP contribution in [0.4, 0.5) is 4.39 Å². The maximum atomic E-state index is 13.9. The van der Waals surface area contributed by atoms with Gasteiger partial charge in [0.2, 0.25) is 0 Å². The van der Waals surface area contributed by atoms with Crippen molar-refractivity contribution < 1.29 is 13.9 Å². The van der Waals surface area contributed by atoms with E-state index < -0.39 is 0 Å². The molecular weight excluding hydrogens is 369 g/mol. The van der Waals surface area contributed by atoms with Gasteiger partial charge in [0.05, 0.1) is 7.11 Å². The van der Waals surface area contributed by atoms with E-state index in [2.05, 4.69) is 35.9 Å². The van der Waals surface area contributed by atoms with Gasteiger partial charge in [0.25, 0.3) is 5.91 Å². The highest BCUT2D eigenvalue weighted by atomic mass is 19.1. The van der Waals surface area contributed by atoms with Crippen molar-refractivity contribution in [2.24, 2.45) is 0 Å². The third kappa shape index (κ3) is 3.98. The number of fused-ring (bicyclic) bond motifs is 1. The summed E-state index contributed by atoms with van der Waals surface area (Å²) in [5, 5.41) is 1.10. The molecule has 0 saturated carbocycles. The summed E-state index contributed by atoms with van der Waals surface area (Å²) in [5.74, 6) is -0.0514. The molecule has 1 amide bonds. The van der Waals surface area contributed by atoms with Crippen molar-refractivity contribution in [3.05, 3.63) is 64.6 Å². The van der Waals surface area contributed by atoms with E-state index in [-0.39, 0.29) is 17.5 Å². The molecule has 2 aromatic carbocycles. The Balaban J connectivity index is 1.40. The van der Waals surface area contributed by atoms with Crippen LogP contribution >= 0.6 is 0 Å². The van der Waals surface area contributed by atoms with Gasteiger partial charge in [-0.05, 0) is 54.8 Å². The molecule has 4 rings (SSSR count). The predicted molar refractivity (Wildman–Crippen MR) is 112 cm³/mol. The second-order valence-electron chi connectivity index (χ2n) is 7.76. The number of H-pyrrole nitrogens is 1. The van der Waals surface area contributed by atoms with E-state index in [9.17, 15) is 9.18 Å². The number of aromatic amines is 1. The molecule has 0 radical (unpaired) electrons. The Morgan fingerprint density at radius 3 is 2.55 bits per heavy atom. The number of aromatic nitrogens is 1. The molecule has 1 fully saturated rings. The van der Waals surface area contributed by atoms with Crippen molar-refractivity contribution in [2.75, 3.05) is 33.3 Å². The number of methoxy groups -OCH3 is 1. The van der Waals surface area contributed by atoms with E-state index in [0.717, 1.165) is 29.6 Å². The molecule has 1 aromatic heterocycles. The lowest BCUT2D eigenvalue weighted by Gasteiger charge is -2.34. The van der Waals surface area contributed by atoms with Crippen LogP contribution in [0, 0.1) is 19.7 Å². The number of halogens is 1. The Kier molecular flexibility index (Phi) is 5.28. The Bertz CT molecular complexity index is 1050. The Labute approximate surface area is 170 Å². The zero-order valence-electron chi connectivity index (χ0n) is 17.1. The third-order valence-corrected chi connectivity index (χ3v) is 5.60. The van der Waals surface area contributed by atoms with Gasteiger partial charge in [0.15, 0.2) is 11.6 Å². The smallest absolute Gasteiger partial charge is 0.270 e. The minimum atomic E-state index is -0.344. The average Bonchev–Trinajstić information content (AvgIpc) is 3.12. The Hall–Kier alpha value is -2.86. The number of benzene rings is 2. The van der Waals surface area contributed by atoms with Crippen LogP contribution in [0.3, 0.4) is 0 Å². The highest BCUT2D eigenvalue weighted by Gasteiger charge is 2.23. The molecule has 5 nitrogen and oxygen atoms in total. The molecule has 0 aliphatic carbocycles. The minimum Gasteiger partial charge on any atom is -0.494 e. The molecule has 29 heavy (non-hydrogen) atoms. The van der Waals surface area contributed by atoms with Crippen LogP contribution in [-0.4, -0.2) is 54.0 Å². The second kappa shape index (κ2) is 7.87. The molecule has 6 heteroatoms. The van der Waals surface area contributed by atoms with Crippen LogP contribution in [-0.2, 0) is 6.54 Å². The van der Waals surface area contributed by atoms with Crippen LogP contribution in [0.5, 0.6) is 5.75 Å². The summed E-state index contributed by atoms with van der Waals surface area (Å²) in [5.41, 5.74) is 4.90. The minimum absolute atomic E-state index is 0.0356. The molecule has 0 spiro atoms. The number of nitrogens with one attached hydrogen (secondary N) is 1. The van der Waals surface area contributed by atoms with Crippen molar-refractivity contribution in [3.8, 4) is 5.75 Å². The summed E-state index contributed by atoms with van der Waals surface area (Å²) in [7, 11) is 1.46. The quantitative estimate of drug-likeness (QED) is 0.729. The molecule has 152 valence electrons. The van der Waals surface area contributed by atoms with E-state index in [0.29, 0.717) is 25.3 Å². The third-order valence-electron chi connectivity index (χ3n) is 5.60. The molecule has 2 heterocycles. The van der Waals surface area contributed by atoms with E-state index in [1.54, 1.807) is 6.07 Å². The van der Waals surface area contributed by atoms with Gasteiger partial charge in [0.1, 0.15) is 5.69 Å². The van der Waals surface area contributed by atoms with Crippen LogP contribution in [0.2, 0.25) is 0 Å². The van der Waals surface area contributed by atoms with Crippen molar-refractivity contribution in [3.63, 3.8) is 0 Å². The van der Waals surface area contributed by atoms with Crippen molar-refractivity contribution in [2.45, 2.75) is 20.4 Å². The first-order valence-electron chi connectivity index (χ1n) is 9.88. The lowest BCUT2D eigenvalue weighted by Crippen LogP contribution is -2.48. The Morgan fingerprint density at radius 1 is 1.10 bits per heavy atom. The van der Waals surface area contributed by atoms with Crippen molar-refractivity contribution >= 4 is 16.8 Å². The van der Waals surface area contributed by atoms with Gasteiger partial charge >= 0.3 is 0 Å². The number of hydrogen-bond acceptors (Lipinski definition) is 3. The molecule has 0 unspecified atom stereocenters. The molecule has 1 saturated heterocycles.